The molecule has 0 radical (unpaired) electrons. The monoisotopic (exact) mass is 256 g/mol. The van der Waals surface area contributed by atoms with Gasteiger partial charge in [0.05, 0.1) is 4.92 Å². The molecule has 17 heavy (non-hydrogen) atoms. The number of hydrogen-bond donors (Lipinski definition) is 2. The van der Waals surface area contributed by atoms with E-state index in [1.165, 1.54) is 19.0 Å². The molecule has 0 spiro atoms. The summed E-state index contributed by atoms with van der Waals surface area (Å²) in [6, 6.07) is 0. The maximum Gasteiger partial charge on any atom is 0.345 e. The first-order valence-electron chi connectivity index (χ1n) is 5.64. The Balaban J connectivity index is 1.90. The summed E-state index contributed by atoms with van der Waals surface area (Å²) >= 11 is 1.09. The van der Waals surface area contributed by atoms with Crippen LogP contribution in [0.4, 0.5) is 10.1 Å². The lowest BCUT2D eigenvalue weighted by Crippen LogP contribution is -2.42. The highest BCUT2D eigenvalue weighted by atomic mass is 32.1. The topological polar surface area (TPSA) is 80.1 Å². The highest BCUT2D eigenvalue weighted by Crippen LogP contribution is 2.29. The van der Waals surface area contributed by atoms with Crippen LogP contribution in [0.3, 0.4) is 0 Å². The van der Waals surface area contributed by atoms with Gasteiger partial charge in [0, 0.05) is 13.1 Å². The van der Waals surface area contributed by atoms with Crippen LogP contribution in [0.2, 0.25) is 0 Å². The van der Waals surface area contributed by atoms with Gasteiger partial charge in [0.2, 0.25) is 0 Å². The molecule has 0 amide bonds. The van der Waals surface area contributed by atoms with Crippen LogP contribution in [0.1, 0.15) is 19.8 Å². The van der Waals surface area contributed by atoms with Crippen molar-refractivity contribution in [3.63, 3.8) is 0 Å². The van der Waals surface area contributed by atoms with E-state index in [0.717, 1.165) is 31.0 Å². The average molecular weight is 256 g/mol. The SMILES string of the molecule is CC1(CNc2ncc([N+](=O)[O-])s2)CCCNC1. The summed E-state index contributed by atoms with van der Waals surface area (Å²) in [6.45, 7) is 5.07. The van der Waals surface area contributed by atoms with E-state index in [1.807, 2.05) is 0 Å². The summed E-state index contributed by atoms with van der Waals surface area (Å²) in [5.74, 6) is 0. The van der Waals surface area contributed by atoms with Crippen LogP contribution >= 0.6 is 11.3 Å². The molecule has 0 bridgehead atoms. The molecule has 2 rings (SSSR count). The van der Waals surface area contributed by atoms with E-state index in [1.54, 1.807) is 0 Å². The smallest absolute Gasteiger partial charge is 0.345 e. The van der Waals surface area contributed by atoms with Crippen LogP contribution in [-0.2, 0) is 0 Å². The fourth-order valence-corrected chi connectivity index (χ4v) is 2.62. The third-order valence-electron chi connectivity index (χ3n) is 3.03. The maximum atomic E-state index is 10.5. The van der Waals surface area contributed by atoms with Gasteiger partial charge in [-0.2, -0.15) is 0 Å². The third kappa shape index (κ3) is 3.13. The number of hydrogen-bond acceptors (Lipinski definition) is 6. The van der Waals surface area contributed by atoms with Crippen LogP contribution in [0.15, 0.2) is 6.20 Å². The molecule has 1 aromatic heterocycles. The molecule has 6 nitrogen and oxygen atoms in total. The van der Waals surface area contributed by atoms with Crippen LogP contribution in [-0.4, -0.2) is 29.5 Å². The van der Waals surface area contributed by atoms with Crippen molar-refractivity contribution in [2.75, 3.05) is 25.0 Å². The second-order valence-electron chi connectivity index (χ2n) is 4.71. The highest BCUT2D eigenvalue weighted by molar-refractivity contribution is 7.18. The Labute approximate surface area is 104 Å². The lowest BCUT2D eigenvalue weighted by molar-refractivity contribution is -0.380. The van der Waals surface area contributed by atoms with Gasteiger partial charge in [0.1, 0.15) is 6.20 Å². The van der Waals surface area contributed by atoms with Crippen molar-refractivity contribution in [1.29, 1.82) is 0 Å². The van der Waals surface area contributed by atoms with Gasteiger partial charge in [-0.25, -0.2) is 4.98 Å². The van der Waals surface area contributed by atoms with Gasteiger partial charge in [0.25, 0.3) is 0 Å². The van der Waals surface area contributed by atoms with Crippen molar-refractivity contribution in [3.8, 4) is 0 Å². The van der Waals surface area contributed by atoms with Crippen LogP contribution in [0.25, 0.3) is 0 Å². The Morgan fingerprint density at radius 1 is 1.76 bits per heavy atom. The fourth-order valence-electron chi connectivity index (χ4n) is 1.99. The molecular formula is C10H16N4O2S. The lowest BCUT2D eigenvalue weighted by Gasteiger charge is -2.34. The first-order valence-corrected chi connectivity index (χ1v) is 6.46. The zero-order valence-corrected chi connectivity index (χ0v) is 10.5. The molecule has 1 atom stereocenters. The molecule has 1 aliphatic rings. The van der Waals surface area contributed by atoms with E-state index >= 15 is 0 Å². The molecule has 1 aromatic rings. The molecule has 94 valence electrons. The number of thiazole rings is 1. The first kappa shape index (κ1) is 12.3. The summed E-state index contributed by atoms with van der Waals surface area (Å²) in [5, 5.41) is 17.8. The lowest BCUT2D eigenvalue weighted by atomic mass is 9.83. The molecule has 1 saturated heterocycles. The Kier molecular flexibility index (Phi) is 3.58. The van der Waals surface area contributed by atoms with E-state index in [0.29, 0.717) is 5.13 Å². The Bertz CT molecular complexity index is 401. The van der Waals surface area contributed by atoms with Crippen molar-refractivity contribution in [2.45, 2.75) is 19.8 Å². The van der Waals surface area contributed by atoms with Crippen LogP contribution in [0.5, 0.6) is 0 Å². The summed E-state index contributed by atoms with van der Waals surface area (Å²) in [5.41, 5.74) is 0.207. The summed E-state index contributed by atoms with van der Waals surface area (Å²) in [7, 11) is 0. The number of nitro groups is 1. The Hall–Kier alpha value is -1.21. The standard InChI is InChI=1S/C10H16N4O2S/c1-10(3-2-4-11-6-10)7-13-9-12-5-8(17-9)14(15)16/h5,11H,2-4,6-7H2,1H3,(H,12,13). The van der Waals surface area contributed by atoms with E-state index < -0.39 is 4.92 Å². The van der Waals surface area contributed by atoms with E-state index in [9.17, 15) is 10.1 Å². The van der Waals surface area contributed by atoms with E-state index in [4.69, 9.17) is 0 Å². The van der Waals surface area contributed by atoms with Gasteiger partial charge >= 0.3 is 5.00 Å². The average Bonchev–Trinajstić information content (AvgIpc) is 2.76. The minimum atomic E-state index is -0.410. The number of anilines is 1. The van der Waals surface area contributed by atoms with E-state index in [2.05, 4.69) is 22.5 Å². The quantitative estimate of drug-likeness (QED) is 0.635. The zero-order valence-electron chi connectivity index (χ0n) is 9.73. The van der Waals surface area contributed by atoms with Crippen molar-refractivity contribution in [3.05, 3.63) is 16.3 Å². The normalized spacial score (nSPS) is 24.5. The van der Waals surface area contributed by atoms with Crippen molar-refractivity contribution >= 4 is 21.5 Å². The molecule has 0 aromatic carbocycles. The van der Waals surface area contributed by atoms with Crippen LogP contribution < -0.4 is 10.6 Å². The Morgan fingerprint density at radius 3 is 3.18 bits per heavy atom. The molecule has 0 saturated carbocycles. The van der Waals surface area contributed by atoms with Gasteiger partial charge in [0.15, 0.2) is 5.13 Å². The summed E-state index contributed by atoms with van der Waals surface area (Å²) in [6.07, 6.45) is 3.64. The first-order chi connectivity index (χ1) is 8.09. The Morgan fingerprint density at radius 2 is 2.59 bits per heavy atom. The molecule has 0 aliphatic carbocycles. The second-order valence-corrected chi connectivity index (χ2v) is 5.71. The van der Waals surface area contributed by atoms with Gasteiger partial charge < -0.3 is 10.6 Å². The molecule has 2 N–H and O–H groups in total. The number of rotatable bonds is 4. The molecule has 1 unspecified atom stereocenters. The largest absolute Gasteiger partial charge is 0.361 e. The molecule has 7 heteroatoms. The van der Waals surface area contributed by atoms with Gasteiger partial charge in [-0.3, -0.25) is 10.1 Å². The van der Waals surface area contributed by atoms with Gasteiger partial charge in [-0.1, -0.05) is 6.92 Å². The minimum absolute atomic E-state index is 0.0828. The maximum absolute atomic E-state index is 10.5. The number of nitrogens with zero attached hydrogens (tertiary/aromatic N) is 2. The van der Waals surface area contributed by atoms with Crippen molar-refractivity contribution in [2.24, 2.45) is 5.41 Å². The van der Waals surface area contributed by atoms with Crippen molar-refractivity contribution < 1.29 is 4.92 Å². The summed E-state index contributed by atoms with van der Waals surface area (Å²) < 4.78 is 0. The molecular weight excluding hydrogens is 240 g/mol. The summed E-state index contributed by atoms with van der Waals surface area (Å²) in [4.78, 5) is 14.1. The molecule has 1 fully saturated rings. The number of aromatic nitrogens is 1. The predicted octanol–water partition coefficient (Wildman–Crippen LogP) is 1.85. The number of piperidine rings is 1. The predicted molar refractivity (Wildman–Crippen MR) is 67.5 cm³/mol. The van der Waals surface area contributed by atoms with Gasteiger partial charge in [-0.15, -0.1) is 0 Å². The number of nitrogens with one attached hydrogen (secondary N) is 2. The fraction of sp³-hybridized carbons (Fsp3) is 0.700. The molecule has 1 aliphatic heterocycles. The molecule has 2 heterocycles. The third-order valence-corrected chi connectivity index (χ3v) is 3.93. The second kappa shape index (κ2) is 4.97. The minimum Gasteiger partial charge on any atom is -0.361 e. The van der Waals surface area contributed by atoms with E-state index in [-0.39, 0.29) is 10.4 Å². The zero-order chi connectivity index (χ0) is 12.3. The van der Waals surface area contributed by atoms with Crippen LogP contribution in [0, 0.1) is 15.5 Å². The van der Waals surface area contributed by atoms with Gasteiger partial charge in [-0.05, 0) is 36.1 Å². The van der Waals surface area contributed by atoms with Crippen molar-refractivity contribution in [1.82, 2.24) is 10.3 Å². The highest BCUT2D eigenvalue weighted by Gasteiger charge is 2.26.